The molecule has 2 heterocycles. The lowest BCUT2D eigenvalue weighted by Crippen LogP contribution is -2.46. The van der Waals surface area contributed by atoms with Gasteiger partial charge < -0.3 is 14.5 Å². The first-order chi connectivity index (χ1) is 12.2. The number of likely N-dealkylation sites (tertiary alicyclic amines) is 1. The van der Waals surface area contributed by atoms with Gasteiger partial charge in [-0.05, 0) is 70.2 Å². The van der Waals surface area contributed by atoms with Crippen molar-refractivity contribution < 1.29 is 14.3 Å². The van der Waals surface area contributed by atoms with Gasteiger partial charge in [-0.3, -0.25) is 4.79 Å². The molecule has 1 fully saturated rings. The molecular weight excluding hydrogens is 396 g/mol. The molecular formula is C20H27BrN2O3. The molecule has 0 spiro atoms. The molecule has 0 aliphatic carbocycles. The van der Waals surface area contributed by atoms with Crippen LogP contribution in [0.3, 0.4) is 0 Å². The molecule has 1 saturated heterocycles. The van der Waals surface area contributed by atoms with Crippen LogP contribution in [0.4, 0.5) is 10.5 Å². The Labute approximate surface area is 163 Å². The van der Waals surface area contributed by atoms with Gasteiger partial charge in [0.25, 0.3) is 0 Å². The highest BCUT2D eigenvalue weighted by atomic mass is 79.9. The second-order valence-corrected chi connectivity index (χ2v) is 9.02. The number of hydrogen-bond acceptors (Lipinski definition) is 3. The Hall–Kier alpha value is -1.56. The van der Waals surface area contributed by atoms with Crippen LogP contribution in [0.2, 0.25) is 0 Å². The number of ether oxygens (including phenoxy) is 1. The van der Waals surface area contributed by atoms with Crippen LogP contribution in [0.15, 0.2) is 22.7 Å². The minimum absolute atomic E-state index is 0.0247. The van der Waals surface area contributed by atoms with Crippen molar-refractivity contribution in [3.05, 3.63) is 28.2 Å². The van der Waals surface area contributed by atoms with Gasteiger partial charge in [-0.2, -0.15) is 0 Å². The maximum Gasteiger partial charge on any atom is 0.410 e. The summed E-state index contributed by atoms with van der Waals surface area (Å²) < 4.78 is 6.49. The second-order valence-electron chi connectivity index (χ2n) is 8.11. The number of anilines is 1. The van der Waals surface area contributed by atoms with Crippen LogP contribution in [0, 0.1) is 5.92 Å². The minimum atomic E-state index is -0.491. The van der Waals surface area contributed by atoms with Gasteiger partial charge in [0.15, 0.2) is 0 Å². The number of hydrogen-bond donors (Lipinski definition) is 0. The number of rotatable bonds is 1. The molecule has 0 saturated carbocycles. The van der Waals surface area contributed by atoms with Gasteiger partial charge in [0.2, 0.25) is 5.91 Å². The maximum atomic E-state index is 13.1. The van der Waals surface area contributed by atoms with E-state index in [1.807, 2.05) is 37.8 Å². The van der Waals surface area contributed by atoms with Crippen LogP contribution in [-0.4, -0.2) is 42.1 Å². The predicted molar refractivity (Wildman–Crippen MR) is 105 cm³/mol. The van der Waals surface area contributed by atoms with Crippen molar-refractivity contribution in [2.45, 2.75) is 52.1 Å². The highest BCUT2D eigenvalue weighted by Gasteiger charge is 2.33. The molecule has 0 N–H and O–H groups in total. The summed E-state index contributed by atoms with van der Waals surface area (Å²) in [4.78, 5) is 28.9. The summed E-state index contributed by atoms with van der Waals surface area (Å²) in [5, 5.41) is 0. The number of amides is 2. The van der Waals surface area contributed by atoms with Crippen LogP contribution < -0.4 is 4.90 Å². The number of nitrogens with zero attached hydrogens (tertiary/aromatic N) is 2. The van der Waals surface area contributed by atoms with Gasteiger partial charge in [0.1, 0.15) is 5.60 Å². The Morgan fingerprint density at radius 3 is 2.50 bits per heavy atom. The molecule has 0 atom stereocenters. The Morgan fingerprint density at radius 2 is 1.85 bits per heavy atom. The topological polar surface area (TPSA) is 49.9 Å². The van der Waals surface area contributed by atoms with Gasteiger partial charge in [0.05, 0.1) is 0 Å². The van der Waals surface area contributed by atoms with E-state index in [2.05, 4.69) is 22.0 Å². The summed E-state index contributed by atoms with van der Waals surface area (Å²) >= 11 is 3.51. The molecule has 0 unspecified atom stereocenters. The molecule has 142 valence electrons. The third-order valence-electron chi connectivity index (χ3n) is 4.92. The zero-order valence-electron chi connectivity index (χ0n) is 15.8. The first kappa shape index (κ1) is 19.2. The summed E-state index contributed by atoms with van der Waals surface area (Å²) in [7, 11) is 0. The van der Waals surface area contributed by atoms with Crippen LogP contribution in [0.25, 0.3) is 0 Å². The van der Waals surface area contributed by atoms with Crippen molar-refractivity contribution in [3.63, 3.8) is 0 Å². The van der Waals surface area contributed by atoms with Gasteiger partial charge in [-0.15, -0.1) is 0 Å². The monoisotopic (exact) mass is 422 g/mol. The largest absolute Gasteiger partial charge is 0.444 e. The summed E-state index contributed by atoms with van der Waals surface area (Å²) in [5.74, 6) is 0.167. The summed E-state index contributed by atoms with van der Waals surface area (Å²) in [6, 6.07) is 6.14. The number of fused-ring (bicyclic) bond motifs is 1. The molecule has 2 amide bonds. The maximum absolute atomic E-state index is 13.1. The Morgan fingerprint density at radius 1 is 1.15 bits per heavy atom. The fourth-order valence-corrected chi connectivity index (χ4v) is 4.06. The van der Waals surface area contributed by atoms with Gasteiger partial charge >= 0.3 is 6.09 Å². The Balaban J connectivity index is 1.62. The van der Waals surface area contributed by atoms with Crippen LogP contribution in [0.5, 0.6) is 0 Å². The number of benzene rings is 1. The lowest BCUT2D eigenvalue weighted by molar-refractivity contribution is -0.123. The van der Waals surface area contributed by atoms with E-state index in [0.717, 1.165) is 29.5 Å². The lowest BCUT2D eigenvalue weighted by Gasteiger charge is -2.36. The second kappa shape index (κ2) is 7.59. The molecule has 3 rings (SSSR count). The average molecular weight is 423 g/mol. The molecule has 1 aromatic carbocycles. The van der Waals surface area contributed by atoms with E-state index in [9.17, 15) is 9.59 Å². The van der Waals surface area contributed by atoms with Crippen LogP contribution in [0.1, 0.15) is 45.6 Å². The summed E-state index contributed by atoms with van der Waals surface area (Å²) in [5.41, 5.74) is 1.78. The smallest absolute Gasteiger partial charge is 0.410 e. The Kier molecular flexibility index (Phi) is 5.61. The highest BCUT2D eigenvalue weighted by Crippen LogP contribution is 2.32. The lowest BCUT2D eigenvalue weighted by atomic mass is 9.93. The van der Waals surface area contributed by atoms with E-state index in [-0.39, 0.29) is 17.9 Å². The highest BCUT2D eigenvalue weighted by molar-refractivity contribution is 9.10. The van der Waals surface area contributed by atoms with Gasteiger partial charge in [-0.1, -0.05) is 15.9 Å². The van der Waals surface area contributed by atoms with Crippen molar-refractivity contribution >= 4 is 33.6 Å². The standard InChI is InChI=1S/C20H27BrN2O3/c1-20(2,3)26-19(25)22-11-8-14(9-12-22)18(24)23-10-4-5-15-13-16(21)6-7-17(15)23/h6-7,13-14H,4-5,8-12H2,1-3H3. The molecule has 26 heavy (non-hydrogen) atoms. The van der Waals surface area contributed by atoms with Crippen molar-refractivity contribution in [1.29, 1.82) is 0 Å². The third-order valence-corrected chi connectivity index (χ3v) is 5.42. The van der Waals surface area contributed by atoms with E-state index in [1.54, 1.807) is 4.90 Å². The van der Waals surface area contributed by atoms with Crippen molar-refractivity contribution in [2.75, 3.05) is 24.5 Å². The predicted octanol–water partition coefficient (Wildman–Crippen LogP) is 4.38. The van der Waals surface area contributed by atoms with Crippen molar-refractivity contribution in [1.82, 2.24) is 4.90 Å². The van der Waals surface area contributed by atoms with E-state index in [0.29, 0.717) is 25.9 Å². The van der Waals surface area contributed by atoms with E-state index in [4.69, 9.17) is 4.74 Å². The summed E-state index contributed by atoms with van der Waals surface area (Å²) in [6.45, 7) is 7.53. The van der Waals surface area contributed by atoms with Crippen LogP contribution in [-0.2, 0) is 16.0 Å². The zero-order chi connectivity index (χ0) is 18.9. The SMILES string of the molecule is CC(C)(C)OC(=O)N1CCC(C(=O)N2CCCc3cc(Br)ccc32)CC1. The van der Waals surface area contributed by atoms with Gasteiger partial charge in [0, 0.05) is 35.7 Å². The molecule has 2 aliphatic rings. The number of piperidine rings is 1. The van der Waals surface area contributed by atoms with E-state index < -0.39 is 5.60 Å². The Bertz CT molecular complexity index is 691. The number of halogens is 1. The van der Waals surface area contributed by atoms with E-state index in [1.165, 1.54) is 5.56 Å². The zero-order valence-corrected chi connectivity index (χ0v) is 17.3. The molecule has 2 aliphatic heterocycles. The van der Waals surface area contributed by atoms with Crippen molar-refractivity contribution in [2.24, 2.45) is 5.92 Å². The first-order valence-corrected chi connectivity index (χ1v) is 10.1. The average Bonchev–Trinajstić information content (AvgIpc) is 2.59. The number of carbonyl (C=O) groups is 2. The quantitative estimate of drug-likeness (QED) is 0.674. The summed E-state index contributed by atoms with van der Waals surface area (Å²) in [6.07, 6.45) is 3.11. The molecule has 0 aromatic heterocycles. The first-order valence-electron chi connectivity index (χ1n) is 9.32. The minimum Gasteiger partial charge on any atom is -0.444 e. The molecule has 5 nitrogen and oxygen atoms in total. The fourth-order valence-electron chi connectivity index (χ4n) is 3.65. The van der Waals surface area contributed by atoms with Crippen LogP contribution >= 0.6 is 15.9 Å². The fraction of sp³-hybridized carbons (Fsp3) is 0.600. The third kappa shape index (κ3) is 4.40. The molecule has 1 aromatic rings. The van der Waals surface area contributed by atoms with Gasteiger partial charge in [-0.25, -0.2) is 4.79 Å². The van der Waals surface area contributed by atoms with Crippen molar-refractivity contribution in [3.8, 4) is 0 Å². The molecule has 6 heteroatoms. The normalized spacial score (nSPS) is 18.5. The molecule has 0 bridgehead atoms. The number of aryl methyl sites for hydroxylation is 1. The van der Waals surface area contributed by atoms with E-state index >= 15 is 0 Å². The molecule has 0 radical (unpaired) electrons. The number of carbonyl (C=O) groups excluding carboxylic acids is 2.